The van der Waals surface area contributed by atoms with Gasteiger partial charge in [-0.2, -0.15) is 0 Å². The SMILES string of the molecule is CCN(CC)c1ccc(C2Nc3c(C(=O)Nc4ccccc4)cccc3C3C=CCC32)cc1. The van der Waals surface area contributed by atoms with Crippen LogP contribution in [-0.2, 0) is 0 Å². The summed E-state index contributed by atoms with van der Waals surface area (Å²) in [6.07, 6.45) is 5.65. The number of carbonyl (C=O) groups excluding carboxylic acids is 1. The normalized spacial score (nSPS) is 20.5. The van der Waals surface area contributed by atoms with Crippen LogP contribution < -0.4 is 15.5 Å². The molecule has 3 atom stereocenters. The average molecular weight is 438 g/mol. The minimum Gasteiger partial charge on any atom is -0.377 e. The van der Waals surface area contributed by atoms with Crippen LogP contribution in [0.4, 0.5) is 17.1 Å². The third kappa shape index (κ3) is 4.02. The molecule has 0 fully saturated rings. The summed E-state index contributed by atoms with van der Waals surface area (Å²) in [4.78, 5) is 15.6. The van der Waals surface area contributed by atoms with Crippen LogP contribution in [0, 0.1) is 5.92 Å². The van der Waals surface area contributed by atoms with Crippen LogP contribution >= 0.6 is 0 Å². The van der Waals surface area contributed by atoms with Crippen molar-refractivity contribution in [2.75, 3.05) is 28.6 Å². The number of rotatable bonds is 6. The lowest BCUT2D eigenvalue weighted by Crippen LogP contribution is -2.31. The Bertz CT molecular complexity index is 1150. The van der Waals surface area contributed by atoms with E-state index in [0.717, 1.165) is 30.9 Å². The maximum Gasteiger partial charge on any atom is 0.257 e. The Kier molecular flexibility index (Phi) is 5.91. The van der Waals surface area contributed by atoms with E-state index < -0.39 is 0 Å². The zero-order valence-electron chi connectivity index (χ0n) is 19.3. The van der Waals surface area contributed by atoms with E-state index in [1.54, 1.807) is 0 Å². The van der Waals surface area contributed by atoms with Gasteiger partial charge in [0.2, 0.25) is 0 Å². The van der Waals surface area contributed by atoms with Crippen LogP contribution in [0.15, 0.2) is 84.9 Å². The maximum absolute atomic E-state index is 13.2. The number of benzene rings is 3. The minimum atomic E-state index is -0.0818. The third-order valence-electron chi connectivity index (χ3n) is 7.05. The Labute approximate surface area is 196 Å². The van der Waals surface area contributed by atoms with Crippen molar-refractivity contribution in [3.05, 3.63) is 102 Å². The van der Waals surface area contributed by atoms with Crippen molar-refractivity contribution < 1.29 is 4.79 Å². The fourth-order valence-electron chi connectivity index (χ4n) is 5.34. The summed E-state index contributed by atoms with van der Waals surface area (Å²) in [7, 11) is 0. The lowest BCUT2D eigenvalue weighted by Gasteiger charge is -2.38. The number of carbonyl (C=O) groups is 1. The number of allylic oxidation sites excluding steroid dienone is 2. The van der Waals surface area contributed by atoms with Crippen molar-refractivity contribution >= 4 is 23.0 Å². The van der Waals surface area contributed by atoms with E-state index >= 15 is 0 Å². The summed E-state index contributed by atoms with van der Waals surface area (Å²) in [6.45, 7) is 6.38. The van der Waals surface area contributed by atoms with Crippen LogP contribution in [0.5, 0.6) is 0 Å². The summed E-state index contributed by atoms with van der Waals surface area (Å²) >= 11 is 0. The average Bonchev–Trinajstić information content (AvgIpc) is 3.35. The first-order chi connectivity index (χ1) is 16.2. The molecule has 1 heterocycles. The molecule has 2 aliphatic rings. The van der Waals surface area contributed by atoms with Crippen molar-refractivity contribution in [2.45, 2.75) is 32.2 Å². The Hall–Kier alpha value is -3.53. The van der Waals surface area contributed by atoms with E-state index in [9.17, 15) is 4.79 Å². The number of anilines is 3. The molecule has 168 valence electrons. The molecule has 3 aromatic rings. The zero-order chi connectivity index (χ0) is 22.8. The van der Waals surface area contributed by atoms with E-state index in [1.807, 2.05) is 42.5 Å². The Morgan fingerprint density at radius 1 is 0.970 bits per heavy atom. The molecule has 3 aromatic carbocycles. The van der Waals surface area contributed by atoms with Gasteiger partial charge in [-0.3, -0.25) is 4.79 Å². The summed E-state index contributed by atoms with van der Waals surface area (Å²) in [5.41, 5.74) is 6.19. The lowest BCUT2D eigenvalue weighted by atomic mass is 9.76. The van der Waals surface area contributed by atoms with Gasteiger partial charge in [0.15, 0.2) is 0 Å². The Morgan fingerprint density at radius 2 is 1.73 bits per heavy atom. The lowest BCUT2D eigenvalue weighted by molar-refractivity contribution is 0.102. The van der Waals surface area contributed by atoms with Crippen LogP contribution in [0.1, 0.15) is 53.7 Å². The van der Waals surface area contributed by atoms with Crippen LogP contribution in [0.25, 0.3) is 0 Å². The summed E-state index contributed by atoms with van der Waals surface area (Å²) in [5, 5.41) is 6.84. The van der Waals surface area contributed by atoms with E-state index in [0.29, 0.717) is 17.4 Å². The Morgan fingerprint density at radius 3 is 2.45 bits per heavy atom. The van der Waals surface area contributed by atoms with E-state index in [-0.39, 0.29) is 11.9 Å². The number of amides is 1. The molecule has 0 radical (unpaired) electrons. The van der Waals surface area contributed by atoms with Gasteiger partial charge in [0.25, 0.3) is 5.91 Å². The maximum atomic E-state index is 13.2. The van der Waals surface area contributed by atoms with Gasteiger partial charge in [0, 0.05) is 30.4 Å². The summed E-state index contributed by atoms with van der Waals surface area (Å²) < 4.78 is 0. The molecule has 0 spiro atoms. The molecule has 4 nitrogen and oxygen atoms in total. The predicted molar refractivity (Wildman–Crippen MR) is 137 cm³/mol. The number of hydrogen-bond donors (Lipinski definition) is 2. The molecule has 1 aliphatic heterocycles. The van der Waals surface area contributed by atoms with Crippen LogP contribution in [-0.4, -0.2) is 19.0 Å². The zero-order valence-corrected chi connectivity index (χ0v) is 19.3. The highest BCUT2D eigenvalue weighted by atomic mass is 16.1. The smallest absolute Gasteiger partial charge is 0.257 e. The highest BCUT2D eigenvalue weighted by Crippen LogP contribution is 2.50. The molecule has 5 rings (SSSR count). The molecule has 0 saturated heterocycles. The molecular formula is C29H31N3O. The first kappa shape index (κ1) is 21.3. The number of nitrogens with one attached hydrogen (secondary N) is 2. The third-order valence-corrected chi connectivity index (χ3v) is 7.05. The summed E-state index contributed by atoms with van der Waals surface area (Å²) in [5.74, 6) is 0.684. The van der Waals surface area contributed by atoms with Crippen molar-refractivity contribution in [2.24, 2.45) is 5.92 Å². The van der Waals surface area contributed by atoms with Crippen molar-refractivity contribution in [1.29, 1.82) is 0 Å². The summed E-state index contributed by atoms with van der Waals surface area (Å²) in [6, 6.07) is 24.8. The van der Waals surface area contributed by atoms with Gasteiger partial charge in [-0.15, -0.1) is 0 Å². The Balaban J connectivity index is 1.48. The van der Waals surface area contributed by atoms with Gasteiger partial charge in [0.05, 0.1) is 17.3 Å². The van der Waals surface area contributed by atoms with E-state index in [2.05, 4.69) is 71.9 Å². The highest BCUT2D eigenvalue weighted by Gasteiger charge is 2.39. The number of para-hydroxylation sites is 2. The quantitative estimate of drug-likeness (QED) is 0.426. The molecule has 3 unspecified atom stereocenters. The van der Waals surface area contributed by atoms with E-state index in [1.165, 1.54) is 16.8 Å². The van der Waals surface area contributed by atoms with Gasteiger partial charge in [0.1, 0.15) is 0 Å². The minimum absolute atomic E-state index is 0.0818. The topological polar surface area (TPSA) is 44.4 Å². The second-order valence-electron chi connectivity index (χ2n) is 8.83. The number of nitrogens with zero attached hydrogens (tertiary/aromatic N) is 1. The van der Waals surface area contributed by atoms with Crippen molar-refractivity contribution in [3.63, 3.8) is 0 Å². The largest absolute Gasteiger partial charge is 0.377 e. The van der Waals surface area contributed by atoms with Gasteiger partial charge in [-0.1, -0.05) is 54.6 Å². The van der Waals surface area contributed by atoms with Crippen LogP contribution in [0.3, 0.4) is 0 Å². The number of hydrogen-bond acceptors (Lipinski definition) is 3. The van der Waals surface area contributed by atoms with E-state index in [4.69, 9.17) is 0 Å². The second-order valence-corrected chi connectivity index (χ2v) is 8.83. The second kappa shape index (κ2) is 9.14. The highest BCUT2D eigenvalue weighted by molar-refractivity contribution is 6.08. The monoisotopic (exact) mass is 437 g/mol. The molecule has 2 N–H and O–H groups in total. The molecule has 0 saturated carbocycles. The van der Waals surface area contributed by atoms with Crippen LogP contribution in [0.2, 0.25) is 0 Å². The van der Waals surface area contributed by atoms with Gasteiger partial charge in [-0.25, -0.2) is 0 Å². The van der Waals surface area contributed by atoms with Crippen molar-refractivity contribution in [3.8, 4) is 0 Å². The van der Waals surface area contributed by atoms with Gasteiger partial charge < -0.3 is 15.5 Å². The molecule has 0 bridgehead atoms. The first-order valence-corrected chi connectivity index (χ1v) is 12.0. The molecule has 33 heavy (non-hydrogen) atoms. The fourth-order valence-corrected chi connectivity index (χ4v) is 5.34. The predicted octanol–water partition coefficient (Wildman–Crippen LogP) is 6.61. The number of fused-ring (bicyclic) bond motifs is 3. The molecule has 1 aliphatic carbocycles. The van der Waals surface area contributed by atoms with Gasteiger partial charge >= 0.3 is 0 Å². The standard InChI is InChI=1S/C29H31N3O/c1-3-32(4-2)22-18-16-20(17-19-22)27-24-13-8-12-23(24)25-14-9-15-26(28(25)31-27)29(33)30-21-10-6-5-7-11-21/h5-12,14-19,23-24,27,31H,3-4,13H2,1-2H3,(H,30,33). The molecule has 0 aromatic heterocycles. The van der Waals surface area contributed by atoms with Crippen molar-refractivity contribution in [1.82, 2.24) is 0 Å². The molecular weight excluding hydrogens is 406 g/mol. The molecule has 4 heteroatoms. The first-order valence-electron chi connectivity index (χ1n) is 12.0. The fraction of sp³-hybridized carbons (Fsp3) is 0.276. The van der Waals surface area contributed by atoms with Gasteiger partial charge in [-0.05, 0) is 67.6 Å². The molecule has 1 amide bonds.